The molecule has 1 aliphatic heterocycles. The van der Waals surface area contributed by atoms with Gasteiger partial charge in [0.2, 0.25) is 5.91 Å². The van der Waals surface area contributed by atoms with Gasteiger partial charge < -0.3 is 20.3 Å². The van der Waals surface area contributed by atoms with Crippen LogP contribution in [0.15, 0.2) is 35.7 Å². The Morgan fingerprint density at radius 3 is 2.65 bits per heavy atom. The number of hydrogen-bond acceptors (Lipinski definition) is 5. The van der Waals surface area contributed by atoms with E-state index < -0.39 is 6.04 Å². The molecule has 1 aromatic heterocycles. The third-order valence-electron chi connectivity index (χ3n) is 4.04. The van der Waals surface area contributed by atoms with E-state index in [1.807, 2.05) is 42.6 Å². The molecule has 2 aromatic rings. The highest BCUT2D eigenvalue weighted by Gasteiger charge is 2.25. The Kier molecular flexibility index (Phi) is 6.19. The third kappa shape index (κ3) is 5.03. The summed E-state index contributed by atoms with van der Waals surface area (Å²) in [4.78, 5) is 31.2. The number of aryl methyl sites for hydroxylation is 1. The summed E-state index contributed by atoms with van der Waals surface area (Å²) in [5.74, 6) is -0.273. The zero-order chi connectivity index (χ0) is 18.4. The van der Waals surface area contributed by atoms with Crippen LogP contribution in [0.3, 0.4) is 0 Å². The molecular weight excluding hydrogens is 352 g/mol. The topological polar surface area (TPSA) is 83.6 Å². The fourth-order valence-corrected chi connectivity index (χ4v) is 3.36. The summed E-state index contributed by atoms with van der Waals surface area (Å²) in [5, 5.41) is 8.06. The minimum Gasteiger partial charge on any atom is -0.378 e. The number of thiazole rings is 1. The summed E-state index contributed by atoms with van der Waals surface area (Å²) in [6, 6.07) is 8.69. The van der Waals surface area contributed by atoms with E-state index >= 15 is 0 Å². The molecule has 3 rings (SSSR count). The number of ether oxygens (including phenoxy) is 1. The van der Waals surface area contributed by atoms with Gasteiger partial charge in [-0.25, -0.2) is 9.78 Å². The van der Waals surface area contributed by atoms with E-state index in [1.54, 1.807) is 4.90 Å². The number of nitrogens with zero attached hydrogens (tertiary/aromatic N) is 2. The molecular formula is C18H22N4O3S. The minimum atomic E-state index is -0.683. The van der Waals surface area contributed by atoms with Crippen molar-refractivity contribution in [2.24, 2.45) is 0 Å². The Labute approximate surface area is 156 Å². The maximum absolute atomic E-state index is 12.7. The van der Waals surface area contributed by atoms with Crippen molar-refractivity contribution in [1.82, 2.24) is 15.2 Å². The maximum Gasteiger partial charge on any atom is 0.318 e. The first-order valence-electron chi connectivity index (χ1n) is 8.52. The quantitative estimate of drug-likeness (QED) is 0.839. The second-order valence-electron chi connectivity index (χ2n) is 6.07. The highest BCUT2D eigenvalue weighted by Crippen LogP contribution is 2.15. The van der Waals surface area contributed by atoms with E-state index in [4.69, 9.17) is 4.74 Å². The number of amides is 3. The molecule has 1 aliphatic rings. The van der Waals surface area contributed by atoms with Crippen molar-refractivity contribution < 1.29 is 14.3 Å². The molecule has 8 heteroatoms. The number of rotatable bonds is 5. The van der Waals surface area contributed by atoms with Gasteiger partial charge in [-0.3, -0.25) is 4.79 Å². The summed E-state index contributed by atoms with van der Waals surface area (Å²) >= 11 is 1.37. The second-order valence-corrected chi connectivity index (χ2v) is 6.93. The molecule has 0 spiro atoms. The van der Waals surface area contributed by atoms with Crippen LogP contribution in [-0.4, -0.2) is 54.2 Å². The molecule has 0 aliphatic carbocycles. The van der Waals surface area contributed by atoms with Crippen molar-refractivity contribution in [3.8, 4) is 0 Å². The van der Waals surface area contributed by atoms with Crippen molar-refractivity contribution in [1.29, 1.82) is 0 Å². The molecule has 1 aromatic carbocycles. The predicted octanol–water partition coefficient (Wildman–Crippen LogP) is 2.04. The summed E-state index contributed by atoms with van der Waals surface area (Å²) in [6.45, 7) is 3.95. The lowest BCUT2D eigenvalue weighted by Crippen LogP contribution is -2.53. The van der Waals surface area contributed by atoms with Gasteiger partial charge >= 0.3 is 6.03 Å². The number of urea groups is 1. The second kappa shape index (κ2) is 8.77. The van der Waals surface area contributed by atoms with Crippen LogP contribution in [0.1, 0.15) is 11.3 Å². The average molecular weight is 374 g/mol. The molecule has 1 fully saturated rings. The summed E-state index contributed by atoms with van der Waals surface area (Å²) < 4.78 is 5.27. The van der Waals surface area contributed by atoms with Gasteiger partial charge in [0.15, 0.2) is 5.13 Å². The van der Waals surface area contributed by atoms with E-state index in [1.165, 1.54) is 11.3 Å². The lowest BCUT2D eigenvalue weighted by molar-refractivity contribution is -0.118. The number of nitrogens with one attached hydrogen (secondary N) is 2. The van der Waals surface area contributed by atoms with E-state index in [-0.39, 0.29) is 11.9 Å². The Bertz CT molecular complexity index is 744. The molecule has 1 unspecified atom stereocenters. The summed E-state index contributed by atoms with van der Waals surface area (Å²) in [6.07, 6.45) is 0.410. The molecule has 138 valence electrons. The van der Waals surface area contributed by atoms with Crippen LogP contribution >= 0.6 is 11.3 Å². The first-order valence-corrected chi connectivity index (χ1v) is 9.40. The van der Waals surface area contributed by atoms with Gasteiger partial charge in [-0.05, 0) is 12.5 Å². The lowest BCUT2D eigenvalue weighted by atomic mass is 10.1. The number of carbonyl (C=O) groups is 2. The van der Waals surface area contributed by atoms with Gasteiger partial charge in [-0.1, -0.05) is 30.3 Å². The first kappa shape index (κ1) is 18.3. The van der Waals surface area contributed by atoms with Crippen LogP contribution in [0.4, 0.5) is 9.93 Å². The van der Waals surface area contributed by atoms with E-state index in [9.17, 15) is 9.59 Å². The molecule has 26 heavy (non-hydrogen) atoms. The zero-order valence-electron chi connectivity index (χ0n) is 14.6. The first-order chi connectivity index (χ1) is 12.6. The van der Waals surface area contributed by atoms with Crippen LogP contribution in [0.5, 0.6) is 0 Å². The highest BCUT2D eigenvalue weighted by molar-refractivity contribution is 7.13. The molecule has 2 heterocycles. The fourth-order valence-electron chi connectivity index (χ4n) is 2.67. The van der Waals surface area contributed by atoms with Crippen LogP contribution in [0, 0.1) is 6.92 Å². The Morgan fingerprint density at radius 2 is 2.00 bits per heavy atom. The molecule has 3 amide bonds. The number of benzene rings is 1. The smallest absolute Gasteiger partial charge is 0.318 e. The van der Waals surface area contributed by atoms with Crippen molar-refractivity contribution in [3.63, 3.8) is 0 Å². The van der Waals surface area contributed by atoms with Crippen LogP contribution < -0.4 is 10.6 Å². The maximum atomic E-state index is 12.7. The molecule has 0 bridgehead atoms. The summed E-state index contributed by atoms with van der Waals surface area (Å²) in [7, 11) is 0. The minimum absolute atomic E-state index is 0.250. The van der Waals surface area contributed by atoms with Crippen molar-refractivity contribution in [2.45, 2.75) is 19.4 Å². The molecule has 0 saturated carbocycles. The van der Waals surface area contributed by atoms with Gasteiger partial charge in [-0.15, -0.1) is 11.3 Å². The van der Waals surface area contributed by atoms with Gasteiger partial charge in [0.25, 0.3) is 0 Å². The lowest BCUT2D eigenvalue weighted by Gasteiger charge is -2.29. The Morgan fingerprint density at radius 1 is 1.27 bits per heavy atom. The van der Waals surface area contributed by atoms with Gasteiger partial charge in [0, 0.05) is 24.9 Å². The van der Waals surface area contributed by atoms with Gasteiger partial charge in [0.1, 0.15) is 6.04 Å². The van der Waals surface area contributed by atoms with E-state index in [0.717, 1.165) is 11.3 Å². The molecule has 1 atom stereocenters. The SMILES string of the molecule is Cc1csc(NC(=O)C(Cc2ccccc2)NC(=O)N2CCOCC2)n1. The van der Waals surface area contributed by atoms with Crippen molar-refractivity contribution in [3.05, 3.63) is 47.0 Å². The number of morpholine rings is 1. The largest absolute Gasteiger partial charge is 0.378 e. The van der Waals surface area contributed by atoms with Crippen molar-refractivity contribution >= 4 is 28.4 Å². The normalized spacial score (nSPS) is 15.3. The number of anilines is 1. The third-order valence-corrected chi connectivity index (χ3v) is 4.92. The fraction of sp³-hybridized carbons (Fsp3) is 0.389. The van der Waals surface area contributed by atoms with Crippen LogP contribution in [0.25, 0.3) is 0 Å². The number of aromatic nitrogens is 1. The average Bonchev–Trinajstić information content (AvgIpc) is 3.07. The van der Waals surface area contributed by atoms with Gasteiger partial charge in [-0.2, -0.15) is 0 Å². The Hall–Kier alpha value is -2.45. The molecule has 1 saturated heterocycles. The monoisotopic (exact) mass is 374 g/mol. The van der Waals surface area contributed by atoms with E-state index in [2.05, 4.69) is 15.6 Å². The standard InChI is InChI=1S/C18H22N4O3S/c1-13-12-26-17(19-13)21-16(23)15(11-14-5-3-2-4-6-14)20-18(24)22-7-9-25-10-8-22/h2-6,12,15H,7-11H2,1H3,(H,20,24)(H,19,21,23). The predicted molar refractivity (Wildman–Crippen MR) is 100 cm³/mol. The summed E-state index contributed by atoms with van der Waals surface area (Å²) in [5.41, 5.74) is 1.83. The Balaban J connectivity index is 1.69. The highest BCUT2D eigenvalue weighted by atomic mass is 32.1. The zero-order valence-corrected chi connectivity index (χ0v) is 15.4. The van der Waals surface area contributed by atoms with Crippen LogP contribution in [0.2, 0.25) is 0 Å². The number of carbonyl (C=O) groups excluding carboxylic acids is 2. The van der Waals surface area contributed by atoms with Gasteiger partial charge in [0.05, 0.1) is 18.9 Å². The molecule has 0 radical (unpaired) electrons. The van der Waals surface area contributed by atoms with Crippen molar-refractivity contribution in [2.75, 3.05) is 31.6 Å². The molecule has 2 N–H and O–H groups in total. The molecule has 7 nitrogen and oxygen atoms in total. The van der Waals surface area contributed by atoms with Crippen LogP contribution in [-0.2, 0) is 16.0 Å². The number of hydrogen-bond donors (Lipinski definition) is 2. The van der Waals surface area contributed by atoms with E-state index in [0.29, 0.717) is 37.9 Å².